The van der Waals surface area contributed by atoms with Gasteiger partial charge in [0.05, 0.1) is 0 Å². The second kappa shape index (κ2) is 4.97. The quantitative estimate of drug-likeness (QED) is 0.672. The highest BCUT2D eigenvalue weighted by Crippen LogP contribution is 2.22. The van der Waals surface area contributed by atoms with Crippen molar-refractivity contribution < 1.29 is 4.79 Å². The van der Waals surface area contributed by atoms with Gasteiger partial charge in [0.15, 0.2) is 0 Å². The van der Waals surface area contributed by atoms with Gasteiger partial charge >= 0.3 is 0 Å². The van der Waals surface area contributed by atoms with Crippen LogP contribution in [0.25, 0.3) is 0 Å². The molecule has 0 radical (unpaired) electrons. The molecule has 0 aliphatic rings. The van der Waals surface area contributed by atoms with Gasteiger partial charge in [-0.25, -0.2) is 9.97 Å². The summed E-state index contributed by atoms with van der Waals surface area (Å²) in [4.78, 5) is 19.4. The molecule has 0 aliphatic heterocycles. The van der Waals surface area contributed by atoms with Crippen molar-refractivity contribution in [2.75, 3.05) is 5.32 Å². The Hall–Kier alpha value is -0.870. The number of nitrogens with one attached hydrogen (secondary N) is 1. The van der Waals surface area contributed by atoms with Crippen molar-refractivity contribution >= 4 is 34.9 Å². The average Bonchev–Trinajstić information content (AvgIpc) is 2.15. The summed E-state index contributed by atoms with van der Waals surface area (Å²) in [5.41, 5.74) is -0.454. The van der Waals surface area contributed by atoms with Gasteiger partial charge < -0.3 is 5.32 Å². The van der Waals surface area contributed by atoms with Crippen LogP contribution in [-0.4, -0.2) is 15.9 Å². The lowest BCUT2D eigenvalue weighted by atomic mass is 9.89. The highest BCUT2D eigenvalue weighted by molar-refractivity contribution is 6.32. The van der Waals surface area contributed by atoms with Crippen LogP contribution >= 0.6 is 23.2 Å². The van der Waals surface area contributed by atoms with E-state index in [1.165, 1.54) is 6.07 Å². The van der Waals surface area contributed by atoms with E-state index < -0.39 is 5.41 Å². The SMILES string of the molecule is CCC(C)(C)C(=O)Nc1cc(Cl)nc(Cl)n1. The van der Waals surface area contributed by atoms with E-state index in [0.29, 0.717) is 5.82 Å². The van der Waals surface area contributed by atoms with Gasteiger partial charge in [-0.1, -0.05) is 32.4 Å². The number of nitrogens with zero attached hydrogens (tertiary/aromatic N) is 2. The number of carbonyl (C=O) groups excluding carboxylic acids is 1. The Morgan fingerprint density at radius 1 is 1.44 bits per heavy atom. The number of amides is 1. The van der Waals surface area contributed by atoms with Gasteiger partial charge in [0.25, 0.3) is 0 Å². The zero-order valence-corrected chi connectivity index (χ0v) is 10.9. The van der Waals surface area contributed by atoms with Crippen LogP contribution in [-0.2, 0) is 4.79 Å². The van der Waals surface area contributed by atoms with E-state index in [9.17, 15) is 4.79 Å². The molecule has 0 saturated heterocycles. The predicted molar refractivity (Wildman–Crippen MR) is 64.8 cm³/mol. The minimum atomic E-state index is -0.454. The van der Waals surface area contributed by atoms with Gasteiger partial charge in [0, 0.05) is 11.5 Å². The molecule has 1 N–H and O–H groups in total. The van der Waals surface area contributed by atoms with Crippen molar-refractivity contribution in [2.24, 2.45) is 5.41 Å². The van der Waals surface area contributed by atoms with Crippen LogP contribution in [0.3, 0.4) is 0 Å². The highest BCUT2D eigenvalue weighted by atomic mass is 35.5. The van der Waals surface area contributed by atoms with E-state index in [-0.39, 0.29) is 16.3 Å². The van der Waals surface area contributed by atoms with Crippen molar-refractivity contribution in [1.29, 1.82) is 0 Å². The lowest BCUT2D eigenvalue weighted by Crippen LogP contribution is -2.30. The molecule has 0 atom stereocenters. The first kappa shape index (κ1) is 13.2. The van der Waals surface area contributed by atoms with Crippen LogP contribution < -0.4 is 5.32 Å². The Labute approximate surface area is 104 Å². The number of rotatable bonds is 3. The Kier molecular flexibility index (Phi) is 4.10. The molecule has 88 valence electrons. The fourth-order valence-corrected chi connectivity index (χ4v) is 1.31. The molecular weight excluding hydrogens is 249 g/mol. The van der Waals surface area contributed by atoms with Gasteiger partial charge in [-0.2, -0.15) is 0 Å². The first-order chi connectivity index (χ1) is 7.35. The minimum Gasteiger partial charge on any atom is -0.310 e. The van der Waals surface area contributed by atoms with E-state index in [4.69, 9.17) is 23.2 Å². The Morgan fingerprint density at radius 3 is 2.56 bits per heavy atom. The van der Waals surface area contributed by atoms with Crippen LogP contribution in [0, 0.1) is 5.41 Å². The molecule has 1 aromatic rings. The molecule has 0 aromatic carbocycles. The summed E-state index contributed by atoms with van der Waals surface area (Å²) >= 11 is 11.3. The number of anilines is 1. The fraction of sp³-hybridized carbons (Fsp3) is 0.500. The lowest BCUT2D eigenvalue weighted by Gasteiger charge is -2.20. The number of carbonyl (C=O) groups is 1. The number of hydrogen-bond acceptors (Lipinski definition) is 3. The summed E-state index contributed by atoms with van der Waals surface area (Å²) in [5.74, 6) is 0.192. The molecule has 1 rings (SSSR count). The van der Waals surface area contributed by atoms with Crippen LogP contribution in [0.5, 0.6) is 0 Å². The maximum absolute atomic E-state index is 11.8. The lowest BCUT2D eigenvalue weighted by molar-refractivity contribution is -0.124. The molecule has 0 saturated carbocycles. The van der Waals surface area contributed by atoms with Crippen molar-refractivity contribution in [3.05, 3.63) is 16.5 Å². The minimum absolute atomic E-state index is 0.0112. The molecule has 0 unspecified atom stereocenters. The van der Waals surface area contributed by atoms with Gasteiger partial charge in [-0.3, -0.25) is 4.79 Å². The average molecular weight is 262 g/mol. The summed E-state index contributed by atoms with van der Waals surface area (Å²) in [5, 5.41) is 2.87. The van der Waals surface area contributed by atoms with Crippen LogP contribution in [0.15, 0.2) is 6.07 Å². The van der Waals surface area contributed by atoms with Crippen molar-refractivity contribution in [3.63, 3.8) is 0 Å². The van der Waals surface area contributed by atoms with E-state index in [1.807, 2.05) is 20.8 Å². The molecule has 0 aliphatic carbocycles. The predicted octanol–water partition coefficient (Wildman–Crippen LogP) is 3.16. The van der Waals surface area contributed by atoms with E-state index in [1.54, 1.807) is 0 Å². The second-order valence-corrected chi connectivity index (χ2v) is 4.76. The van der Waals surface area contributed by atoms with Crippen LogP contribution in [0.4, 0.5) is 5.82 Å². The molecule has 16 heavy (non-hydrogen) atoms. The Morgan fingerprint density at radius 2 is 2.06 bits per heavy atom. The Balaban J connectivity index is 2.85. The molecular formula is C10H13Cl2N3O. The topological polar surface area (TPSA) is 54.9 Å². The molecule has 6 heteroatoms. The smallest absolute Gasteiger partial charge is 0.231 e. The summed E-state index contributed by atoms with van der Waals surface area (Å²) in [6.07, 6.45) is 0.728. The van der Waals surface area contributed by atoms with Gasteiger partial charge in [-0.15, -0.1) is 0 Å². The zero-order valence-electron chi connectivity index (χ0n) is 9.34. The molecule has 0 spiro atoms. The monoisotopic (exact) mass is 261 g/mol. The van der Waals surface area contributed by atoms with Crippen molar-refractivity contribution in [1.82, 2.24) is 9.97 Å². The van der Waals surface area contributed by atoms with Crippen molar-refractivity contribution in [2.45, 2.75) is 27.2 Å². The molecule has 1 aromatic heterocycles. The summed E-state index contributed by atoms with van der Waals surface area (Å²) in [7, 11) is 0. The van der Waals surface area contributed by atoms with Crippen LogP contribution in [0.1, 0.15) is 27.2 Å². The number of aromatic nitrogens is 2. The van der Waals surface area contributed by atoms with Gasteiger partial charge in [0.1, 0.15) is 11.0 Å². The Bertz CT molecular complexity index is 387. The maximum atomic E-state index is 11.8. The second-order valence-electron chi connectivity index (χ2n) is 4.04. The van der Waals surface area contributed by atoms with E-state index in [2.05, 4.69) is 15.3 Å². The van der Waals surface area contributed by atoms with Gasteiger partial charge in [-0.05, 0) is 18.0 Å². The van der Waals surface area contributed by atoms with Crippen molar-refractivity contribution in [3.8, 4) is 0 Å². The first-order valence-electron chi connectivity index (χ1n) is 4.86. The maximum Gasteiger partial charge on any atom is 0.231 e. The molecule has 0 fully saturated rings. The zero-order chi connectivity index (χ0) is 12.3. The largest absolute Gasteiger partial charge is 0.310 e. The molecule has 1 amide bonds. The third-order valence-electron chi connectivity index (χ3n) is 2.41. The standard InChI is InChI=1S/C10H13Cl2N3O/c1-4-10(2,3)8(16)14-7-5-6(11)13-9(12)15-7/h5H,4H2,1-3H3,(H,13,14,15,16). The molecule has 1 heterocycles. The van der Waals surface area contributed by atoms with E-state index >= 15 is 0 Å². The van der Waals surface area contributed by atoms with Crippen LogP contribution in [0.2, 0.25) is 10.4 Å². The molecule has 4 nitrogen and oxygen atoms in total. The molecule has 0 bridgehead atoms. The number of halogens is 2. The third kappa shape index (κ3) is 3.32. The summed E-state index contributed by atoms with van der Waals surface area (Å²) < 4.78 is 0. The summed E-state index contributed by atoms with van der Waals surface area (Å²) in [6.45, 7) is 5.65. The normalized spacial score (nSPS) is 11.3. The summed E-state index contributed by atoms with van der Waals surface area (Å²) in [6, 6.07) is 1.46. The highest BCUT2D eigenvalue weighted by Gasteiger charge is 2.25. The van der Waals surface area contributed by atoms with Gasteiger partial charge in [0.2, 0.25) is 11.2 Å². The first-order valence-corrected chi connectivity index (χ1v) is 5.62. The van der Waals surface area contributed by atoms with E-state index in [0.717, 1.165) is 6.42 Å². The third-order valence-corrected chi connectivity index (χ3v) is 2.77. The number of hydrogen-bond donors (Lipinski definition) is 1. The fourth-order valence-electron chi connectivity index (χ4n) is 0.900.